The highest BCUT2D eigenvalue weighted by molar-refractivity contribution is 7.14. The molecule has 1 amide bonds. The molecule has 4 rings (SSSR count). The third-order valence-electron chi connectivity index (χ3n) is 5.47. The predicted molar refractivity (Wildman–Crippen MR) is 127 cm³/mol. The number of benzene rings is 2. The molecular weight excluding hydrogens is 449 g/mol. The highest BCUT2D eigenvalue weighted by Crippen LogP contribution is 2.35. The van der Waals surface area contributed by atoms with Crippen LogP contribution in [-0.2, 0) is 9.53 Å². The van der Waals surface area contributed by atoms with Crippen LogP contribution in [0.2, 0.25) is 5.02 Å². The van der Waals surface area contributed by atoms with Gasteiger partial charge in [-0.15, -0.1) is 11.3 Å². The van der Waals surface area contributed by atoms with Crippen molar-refractivity contribution >= 4 is 39.7 Å². The molecule has 0 bridgehead atoms. The smallest absolute Gasteiger partial charge is 0.243 e. The summed E-state index contributed by atoms with van der Waals surface area (Å²) in [6, 6.07) is 13.2. The lowest BCUT2D eigenvalue weighted by Crippen LogP contribution is -2.46. The van der Waals surface area contributed by atoms with Gasteiger partial charge in [-0.3, -0.25) is 4.79 Å². The van der Waals surface area contributed by atoms with Crippen molar-refractivity contribution in [3.63, 3.8) is 0 Å². The third-order valence-corrected chi connectivity index (χ3v) is 6.56. The van der Waals surface area contributed by atoms with E-state index >= 15 is 0 Å². The number of thiazole rings is 1. The summed E-state index contributed by atoms with van der Waals surface area (Å²) in [5.74, 6) is -0.363. The molecule has 0 saturated carbocycles. The summed E-state index contributed by atoms with van der Waals surface area (Å²) in [5, 5.41) is 6.28. The molecule has 1 aromatic heterocycles. The molecule has 1 saturated heterocycles. The van der Waals surface area contributed by atoms with Crippen LogP contribution in [0.5, 0.6) is 0 Å². The van der Waals surface area contributed by atoms with Gasteiger partial charge in [0.25, 0.3) is 0 Å². The van der Waals surface area contributed by atoms with E-state index in [4.69, 9.17) is 21.3 Å². The maximum absolute atomic E-state index is 13.3. The predicted octanol–water partition coefficient (Wildman–Crippen LogP) is 5.81. The Labute approximate surface area is 196 Å². The monoisotopic (exact) mass is 473 g/mol. The Kier molecular flexibility index (Phi) is 7.40. The summed E-state index contributed by atoms with van der Waals surface area (Å²) < 4.78 is 19.0. The number of aromatic nitrogens is 1. The van der Waals surface area contributed by atoms with Crippen molar-refractivity contribution in [2.24, 2.45) is 0 Å². The minimum atomic E-state index is -0.454. The number of nitrogens with one attached hydrogen (secondary N) is 1. The van der Waals surface area contributed by atoms with Gasteiger partial charge >= 0.3 is 0 Å². The first kappa shape index (κ1) is 22.7. The van der Waals surface area contributed by atoms with Crippen molar-refractivity contribution in [3.8, 4) is 11.3 Å². The quantitative estimate of drug-likeness (QED) is 0.448. The first-order chi connectivity index (χ1) is 15.5. The average Bonchev–Trinajstić information content (AvgIpc) is 3.49. The molecular formula is C24H25ClFN3O2S. The third kappa shape index (κ3) is 5.28. The zero-order chi connectivity index (χ0) is 22.5. The Morgan fingerprint density at radius 1 is 1.28 bits per heavy atom. The SMILES string of the molecule is CC[C@@H](C(=O)NC[C@H]1CCCO1)N(c1ccc(Cl)cc1)c1nc(-c2ccc(F)cc2)cs1. The highest BCUT2D eigenvalue weighted by atomic mass is 35.5. The van der Waals surface area contributed by atoms with Crippen LogP contribution in [0, 0.1) is 5.82 Å². The summed E-state index contributed by atoms with van der Waals surface area (Å²) in [5.41, 5.74) is 2.38. The van der Waals surface area contributed by atoms with E-state index in [1.54, 1.807) is 24.3 Å². The number of hydrogen-bond donors (Lipinski definition) is 1. The van der Waals surface area contributed by atoms with Gasteiger partial charge in [-0.1, -0.05) is 18.5 Å². The molecule has 0 radical (unpaired) electrons. The van der Waals surface area contributed by atoms with Crippen LogP contribution >= 0.6 is 22.9 Å². The molecule has 1 N–H and O–H groups in total. The number of hydrogen-bond acceptors (Lipinski definition) is 5. The summed E-state index contributed by atoms with van der Waals surface area (Å²) >= 11 is 7.55. The lowest BCUT2D eigenvalue weighted by Gasteiger charge is -2.30. The van der Waals surface area contributed by atoms with Gasteiger partial charge in [-0.25, -0.2) is 9.37 Å². The zero-order valence-corrected chi connectivity index (χ0v) is 19.3. The van der Waals surface area contributed by atoms with E-state index in [0.717, 1.165) is 36.4 Å². The van der Waals surface area contributed by atoms with E-state index in [9.17, 15) is 9.18 Å². The fourth-order valence-electron chi connectivity index (χ4n) is 3.78. The number of carbonyl (C=O) groups excluding carboxylic acids is 1. The lowest BCUT2D eigenvalue weighted by atomic mass is 10.1. The minimum Gasteiger partial charge on any atom is -0.376 e. The van der Waals surface area contributed by atoms with Crippen molar-refractivity contribution < 1.29 is 13.9 Å². The van der Waals surface area contributed by atoms with Crippen molar-refractivity contribution in [1.29, 1.82) is 0 Å². The fourth-order valence-corrected chi connectivity index (χ4v) is 4.81. The maximum Gasteiger partial charge on any atom is 0.243 e. The molecule has 0 unspecified atom stereocenters. The van der Waals surface area contributed by atoms with Crippen molar-refractivity contribution in [3.05, 3.63) is 64.8 Å². The second kappa shape index (κ2) is 10.4. The van der Waals surface area contributed by atoms with Crippen LogP contribution in [0.15, 0.2) is 53.9 Å². The number of carbonyl (C=O) groups is 1. The van der Waals surface area contributed by atoms with Crippen molar-refractivity contribution in [2.45, 2.75) is 38.3 Å². The Hall–Kier alpha value is -2.48. The average molecular weight is 474 g/mol. The number of anilines is 2. The Morgan fingerprint density at radius 3 is 2.69 bits per heavy atom. The molecule has 1 fully saturated rings. The van der Waals surface area contributed by atoms with Crippen LogP contribution in [-0.4, -0.2) is 36.2 Å². The lowest BCUT2D eigenvalue weighted by molar-refractivity contribution is -0.122. The first-order valence-electron chi connectivity index (χ1n) is 10.7. The summed E-state index contributed by atoms with van der Waals surface area (Å²) in [6.07, 6.45) is 2.65. The molecule has 2 heterocycles. The van der Waals surface area contributed by atoms with Crippen molar-refractivity contribution in [2.75, 3.05) is 18.1 Å². The largest absolute Gasteiger partial charge is 0.376 e. The molecule has 2 aromatic carbocycles. The molecule has 5 nitrogen and oxygen atoms in total. The molecule has 1 aliphatic heterocycles. The van der Waals surface area contributed by atoms with Gasteiger partial charge in [0.15, 0.2) is 5.13 Å². The molecule has 0 spiro atoms. The molecule has 2 atom stereocenters. The van der Waals surface area contributed by atoms with Crippen LogP contribution < -0.4 is 10.2 Å². The Morgan fingerprint density at radius 2 is 2.03 bits per heavy atom. The van der Waals surface area contributed by atoms with E-state index < -0.39 is 6.04 Å². The number of nitrogens with zero attached hydrogens (tertiary/aromatic N) is 2. The molecule has 168 valence electrons. The van der Waals surface area contributed by atoms with E-state index in [1.807, 2.05) is 29.3 Å². The summed E-state index contributed by atoms with van der Waals surface area (Å²) in [6.45, 7) is 3.23. The van der Waals surface area contributed by atoms with Gasteiger partial charge in [0.1, 0.15) is 11.9 Å². The van der Waals surface area contributed by atoms with E-state index in [2.05, 4.69) is 5.32 Å². The number of amides is 1. The van der Waals surface area contributed by atoms with Crippen LogP contribution in [0.3, 0.4) is 0 Å². The Bertz CT molecular complexity index is 1040. The topological polar surface area (TPSA) is 54.5 Å². The van der Waals surface area contributed by atoms with Crippen molar-refractivity contribution in [1.82, 2.24) is 10.3 Å². The standard InChI is InChI=1S/C24H25ClFN3O2S/c1-2-22(23(30)27-14-20-4-3-13-31-20)29(19-11-7-17(25)8-12-19)24-28-21(15-32-24)16-5-9-18(26)10-6-16/h5-12,15,20,22H,2-4,13-14H2,1H3,(H,27,30)/t20-,22+/m1/s1. The second-order valence-electron chi connectivity index (χ2n) is 7.67. The highest BCUT2D eigenvalue weighted by Gasteiger charge is 2.29. The molecule has 32 heavy (non-hydrogen) atoms. The maximum atomic E-state index is 13.3. The van der Waals surface area contributed by atoms with Gasteiger partial charge in [0, 0.05) is 34.8 Å². The van der Waals surface area contributed by atoms with Crippen LogP contribution in [0.1, 0.15) is 26.2 Å². The van der Waals surface area contributed by atoms with E-state index in [0.29, 0.717) is 23.1 Å². The summed E-state index contributed by atoms with van der Waals surface area (Å²) in [7, 11) is 0. The number of halogens is 2. The number of ether oxygens (including phenoxy) is 1. The molecule has 1 aliphatic rings. The van der Waals surface area contributed by atoms with Crippen LogP contribution in [0.4, 0.5) is 15.2 Å². The van der Waals surface area contributed by atoms with E-state index in [1.165, 1.54) is 23.5 Å². The molecule has 3 aromatic rings. The number of rotatable bonds is 8. The zero-order valence-electron chi connectivity index (χ0n) is 17.8. The van der Waals surface area contributed by atoms with Gasteiger partial charge in [0.05, 0.1) is 11.8 Å². The van der Waals surface area contributed by atoms with E-state index in [-0.39, 0.29) is 17.8 Å². The van der Waals surface area contributed by atoms with Gasteiger partial charge in [-0.2, -0.15) is 0 Å². The normalized spacial score (nSPS) is 16.7. The second-order valence-corrected chi connectivity index (χ2v) is 8.95. The molecule has 8 heteroatoms. The van der Waals surface area contributed by atoms with Gasteiger partial charge < -0.3 is 15.0 Å². The minimum absolute atomic E-state index is 0.0727. The first-order valence-corrected chi connectivity index (χ1v) is 12.0. The fraction of sp³-hybridized carbons (Fsp3) is 0.333. The Balaban J connectivity index is 1.62. The van der Waals surface area contributed by atoms with Crippen LogP contribution in [0.25, 0.3) is 11.3 Å². The molecule has 0 aliphatic carbocycles. The van der Waals surface area contributed by atoms with Gasteiger partial charge in [0.2, 0.25) is 5.91 Å². The summed E-state index contributed by atoms with van der Waals surface area (Å²) in [4.78, 5) is 19.9. The van der Waals surface area contributed by atoms with Gasteiger partial charge in [-0.05, 0) is 67.8 Å².